The van der Waals surface area contributed by atoms with E-state index in [9.17, 15) is 4.79 Å². The van der Waals surface area contributed by atoms with Crippen LogP contribution in [0, 0.1) is 0 Å². The molecule has 21 heavy (non-hydrogen) atoms. The highest BCUT2D eigenvalue weighted by Gasteiger charge is 2.18. The molecule has 0 aliphatic rings. The Kier molecular flexibility index (Phi) is 5.39. The van der Waals surface area contributed by atoms with E-state index in [1.807, 2.05) is 61.5 Å². The molecule has 0 heterocycles. The summed E-state index contributed by atoms with van der Waals surface area (Å²) in [5, 5.41) is 2.96. The maximum Gasteiger partial charge on any atom is 0.261 e. The molecule has 0 radical (unpaired) electrons. The monoisotopic (exact) mass is 347 g/mol. The molecule has 0 aromatic heterocycles. The van der Waals surface area contributed by atoms with Gasteiger partial charge in [0.1, 0.15) is 5.75 Å². The van der Waals surface area contributed by atoms with Crippen molar-refractivity contribution < 1.29 is 9.53 Å². The van der Waals surface area contributed by atoms with Crippen molar-refractivity contribution in [2.24, 2.45) is 0 Å². The Bertz CT molecular complexity index is 601. The lowest BCUT2D eigenvalue weighted by Crippen LogP contribution is -2.37. The van der Waals surface area contributed by atoms with Crippen molar-refractivity contribution in [2.45, 2.75) is 26.0 Å². The summed E-state index contributed by atoms with van der Waals surface area (Å²) in [4.78, 5) is 12.2. The van der Waals surface area contributed by atoms with Crippen LogP contribution in [-0.4, -0.2) is 12.0 Å². The van der Waals surface area contributed by atoms with E-state index in [-0.39, 0.29) is 11.9 Å². The van der Waals surface area contributed by atoms with Crippen LogP contribution in [0.4, 0.5) is 0 Å². The molecule has 0 saturated heterocycles. The topological polar surface area (TPSA) is 38.3 Å². The second-order valence-electron chi connectivity index (χ2n) is 4.83. The molecule has 2 unspecified atom stereocenters. The highest BCUT2D eigenvalue weighted by Crippen LogP contribution is 2.25. The molecule has 110 valence electrons. The van der Waals surface area contributed by atoms with Gasteiger partial charge in [-0.2, -0.15) is 0 Å². The van der Waals surface area contributed by atoms with Gasteiger partial charge in [-0.05, 0) is 47.5 Å². The summed E-state index contributed by atoms with van der Waals surface area (Å²) in [5.41, 5.74) is 1.07. The van der Waals surface area contributed by atoms with Gasteiger partial charge in [-0.3, -0.25) is 4.79 Å². The standard InChI is InChI=1S/C17H18BrNO2/c1-12(14-8-4-3-5-9-14)19-17(20)13(2)21-16-11-7-6-10-15(16)18/h3-13H,1-2H3,(H,19,20). The number of carbonyl (C=O) groups excluding carboxylic acids is 1. The average Bonchev–Trinajstić information content (AvgIpc) is 2.50. The number of benzene rings is 2. The van der Waals surface area contributed by atoms with Crippen molar-refractivity contribution >= 4 is 21.8 Å². The molecule has 0 saturated carbocycles. The van der Waals surface area contributed by atoms with Gasteiger partial charge in [0.05, 0.1) is 10.5 Å². The maximum atomic E-state index is 12.2. The molecule has 0 bridgehead atoms. The van der Waals surface area contributed by atoms with Crippen LogP contribution in [0.3, 0.4) is 0 Å². The van der Waals surface area contributed by atoms with E-state index in [1.54, 1.807) is 6.92 Å². The number of hydrogen-bond acceptors (Lipinski definition) is 2. The number of amides is 1. The van der Waals surface area contributed by atoms with Crippen LogP contribution in [0.1, 0.15) is 25.5 Å². The fourth-order valence-electron chi connectivity index (χ4n) is 1.94. The molecule has 4 heteroatoms. The number of ether oxygens (including phenoxy) is 1. The smallest absolute Gasteiger partial charge is 0.261 e. The predicted octanol–water partition coefficient (Wildman–Crippen LogP) is 4.09. The molecule has 0 aliphatic heterocycles. The fourth-order valence-corrected chi connectivity index (χ4v) is 2.32. The third kappa shape index (κ3) is 4.33. The van der Waals surface area contributed by atoms with Gasteiger partial charge in [0, 0.05) is 0 Å². The van der Waals surface area contributed by atoms with Gasteiger partial charge in [-0.25, -0.2) is 0 Å². The Hall–Kier alpha value is -1.81. The van der Waals surface area contributed by atoms with Crippen LogP contribution >= 0.6 is 15.9 Å². The Morgan fingerprint density at radius 3 is 2.33 bits per heavy atom. The van der Waals surface area contributed by atoms with Crippen molar-refractivity contribution in [3.8, 4) is 5.75 Å². The number of nitrogens with one attached hydrogen (secondary N) is 1. The van der Waals surface area contributed by atoms with E-state index < -0.39 is 6.10 Å². The number of halogens is 1. The van der Waals surface area contributed by atoms with Crippen molar-refractivity contribution in [2.75, 3.05) is 0 Å². The molecule has 2 aromatic rings. The van der Waals surface area contributed by atoms with Crippen LogP contribution in [-0.2, 0) is 4.79 Å². The van der Waals surface area contributed by atoms with Gasteiger partial charge in [-0.15, -0.1) is 0 Å². The molecule has 2 aromatic carbocycles. The first kappa shape index (κ1) is 15.6. The Balaban J connectivity index is 1.95. The average molecular weight is 348 g/mol. The van der Waals surface area contributed by atoms with Gasteiger partial charge < -0.3 is 10.1 Å². The first-order valence-corrected chi connectivity index (χ1v) is 7.63. The van der Waals surface area contributed by atoms with Gasteiger partial charge >= 0.3 is 0 Å². The van der Waals surface area contributed by atoms with E-state index in [4.69, 9.17) is 4.74 Å². The number of para-hydroxylation sites is 1. The zero-order valence-electron chi connectivity index (χ0n) is 12.0. The van der Waals surface area contributed by atoms with Crippen LogP contribution < -0.4 is 10.1 Å². The Labute approximate surface area is 133 Å². The van der Waals surface area contributed by atoms with Gasteiger partial charge in [-0.1, -0.05) is 42.5 Å². The van der Waals surface area contributed by atoms with E-state index in [0.29, 0.717) is 5.75 Å². The number of rotatable bonds is 5. The van der Waals surface area contributed by atoms with Crippen LogP contribution in [0.25, 0.3) is 0 Å². The van der Waals surface area contributed by atoms with Crippen LogP contribution in [0.2, 0.25) is 0 Å². The Morgan fingerprint density at radius 2 is 1.67 bits per heavy atom. The van der Waals surface area contributed by atoms with Gasteiger partial charge in [0.15, 0.2) is 6.10 Å². The lowest BCUT2D eigenvalue weighted by Gasteiger charge is -2.19. The molecule has 0 spiro atoms. The summed E-state index contributed by atoms with van der Waals surface area (Å²) < 4.78 is 6.52. The quantitative estimate of drug-likeness (QED) is 0.884. The highest BCUT2D eigenvalue weighted by molar-refractivity contribution is 9.10. The molecule has 0 fully saturated rings. The van der Waals surface area contributed by atoms with E-state index in [1.165, 1.54) is 0 Å². The molecular weight excluding hydrogens is 330 g/mol. The minimum Gasteiger partial charge on any atom is -0.480 e. The van der Waals surface area contributed by atoms with Crippen molar-refractivity contribution in [3.63, 3.8) is 0 Å². The zero-order chi connectivity index (χ0) is 15.2. The van der Waals surface area contributed by atoms with Gasteiger partial charge in [0.25, 0.3) is 5.91 Å². The summed E-state index contributed by atoms with van der Waals surface area (Å²) in [6, 6.07) is 17.3. The number of carbonyl (C=O) groups is 1. The summed E-state index contributed by atoms with van der Waals surface area (Å²) in [5.74, 6) is 0.523. The van der Waals surface area contributed by atoms with E-state index in [0.717, 1.165) is 10.0 Å². The van der Waals surface area contributed by atoms with Crippen molar-refractivity contribution in [1.82, 2.24) is 5.32 Å². The third-order valence-electron chi connectivity index (χ3n) is 3.17. The number of hydrogen-bond donors (Lipinski definition) is 1. The Morgan fingerprint density at radius 1 is 1.05 bits per heavy atom. The molecule has 3 nitrogen and oxygen atoms in total. The van der Waals surface area contributed by atoms with E-state index in [2.05, 4.69) is 21.2 Å². The summed E-state index contributed by atoms with van der Waals surface area (Å²) in [6.45, 7) is 3.70. The third-order valence-corrected chi connectivity index (χ3v) is 3.82. The molecule has 1 amide bonds. The van der Waals surface area contributed by atoms with E-state index >= 15 is 0 Å². The maximum absolute atomic E-state index is 12.2. The van der Waals surface area contributed by atoms with Gasteiger partial charge in [0.2, 0.25) is 0 Å². The SMILES string of the molecule is CC(Oc1ccccc1Br)C(=O)NC(C)c1ccccc1. The summed E-state index contributed by atoms with van der Waals surface area (Å²) >= 11 is 3.40. The lowest BCUT2D eigenvalue weighted by molar-refractivity contribution is -0.127. The lowest BCUT2D eigenvalue weighted by atomic mass is 10.1. The summed E-state index contributed by atoms with van der Waals surface area (Å²) in [6.07, 6.45) is -0.560. The predicted molar refractivity (Wildman–Crippen MR) is 87.2 cm³/mol. The zero-order valence-corrected chi connectivity index (χ0v) is 13.6. The van der Waals surface area contributed by atoms with Crippen LogP contribution in [0.15, 0.2) is 59.1 Å². The molecule has 2 rings (SSSR count). The summed E-state index contributed by atoms with van der Waals surface area (Å²) in [7, 11) is 0. The molecular formula is C17H18BrNO2. The second-order valence-corrected chi connectivity index (χ2v) is 5.69. The first-order chi connectivity index (χ1) is 10.1. The molecule has 0 aliphatic carbocycles. The minimum absolute atomic E-state index is 0.0519. The fraction of sp³-hybridized carbons (Fsp3) is 0.235. The normalized spacial score (nSPS) is 13.3. The molecule has 1 N–H and O–H groups in total. The first-order valence-electron chi connectivity index (χ1n) is 6.84. The van der Waals surface area contributed by atoms with Crippen molar-refractivity contribution in [1.29, 1.82) is 0 Å². The minimum atomic E-state index is -0.560. The highest BCUT2D eigenvalue weighted by atomic mass is 79.9. The van der Waals surface area contributed by atoms with Crippen molar-refractivity contribution in [3.05, 3.63) is 64.6 Å². The second kappa shape index (κ2) is 7.27. The molecule has 2 atom stereocenters. The van der Waals surface area contributed by atoms with Crippen LogP contribution in [0.5, 0.6) is 5.75 Å². The largest absolute Gasteiger partial charge is 0.480 e.